The molecule has 0 spiro atoms. The van der Waals surface area contributed by atoms with E-state index in [9.17, 15) is 9.36 Å². The van der Waals surface area contributed by atoms with Crippen molar-refractivity contribution in [2.45, 2.75) is 64.0 Å². The molecule has 4 heterocycles. The van der Waals surface area contributed by atoms with Gasteiger partial charge < -0.3 is 24.7 Å². The summed E-state index contributed by atoms with van der Waals surface area (Å²) in [4.78, 5) is 22.4. The number of aryl methyl sites for hydroxylation is 1. The van der Waals surface area contributed by atoms with Crippen LogP contribution in [-0.2, 0) is 18.8 Å². The van der Waals surface area contributed by atoms with E-state index in [1.54, 1.807) is 0 Å². The van der Waals surface area contributed by atoms with Gasteiger partial charge >= 0.3 is 0 Å². The lowest BCUT2D eigenvalue weighted by Crippen LogP contribution is -2.20. The van der Waals surface area contributed by atoms with Gasteiger partial charge in [-0.1, -0.05) is 6.07 Å². The Morgan fingerprint density at radius 3 is 2.49 bits per heavy atom. The van der Waals surface area contributed by atoms with E-state index >= 15 is 0 Å². The first-order valence-corrected chi connectivity index (χ1v) is 16.7. The predicted octanol–water partition coefficient (Wildman–Crippen LogP) is 5.67. The number of hydrogen-bond donors (Lipinski definition) is 2. The third-order valence-electron chi connectivity index (χ3n) is 8.03. The summed E-state index contributed by atoms with van der Waals surface area (Å²) < 4.78 is 27.2. The van der Waals surface area contributed by atoms with E-state index in [1.165, 1.54) is 5.56 Å². The van der Waals surface area contributed by atoms with Crippen LogP contribution in [0.5, 0.6) is 0 Å². The topological polar surface area (TPSA) is 107 Å². The second kappa shape index (κ2) is 10.7. The zero-order chi connectivity index (χ0) is 27.1. The minimum absolute atomic E-state index is 0.00220. The van der Waals surface area contributed by atoms with Crippen LogP contribution in [0.1, 0.15) is 68.5 Å². The number of aromatic nitrogens is 3. The van der Waals surface area contributed by atoms with Gasteiger partial charge in [0, 0.05) is 42.8 Å². The van der Waals surface area contributed by atoms with Gasteiger partial charge in [0.05, 0.1) is 5.69 Å². The van der Waals surface area contributed by atoms with Gasteiger partial charge in [-0.05, 0) is 88.8 Å². The van der Waals surface area contributed by atoms with Crippen LogP contribution in [0.3, 0.4) is 0 Å². The fourth-order valence-corrected chi connectivity index (χ4v) is 6.88. The summed E-state index contributed by atoms with van der Waals surface area (Å²) in [6.07, 6.45) is 6.65. The lowest BCUT2D eigenvalue weighted by molar-refractivity contribution is -0.117. The van der Waals surface area contributed by atoms with Gasteiger partial charge in [0.15, 0.2) is 5.65 Å². The van der Waals surface area contributed by atoms with Crippen molar-refractivity contribution < 1.29 is 18.8 Å². The van der Waals surface area contributed by atoms with Crippen LogP contribution >= 0.6 is 7.14 Å². The Morgan fingerprint density at radius 2 is 1.79 bits per heavy atom. The number of nitrogens with zero attached hydrogens (tertiary/aromatic N) is 3. The predicted molar refractivity (Wildman–Crippen MR) is 154 cm³/mol. The second-order valence-electron chi connectivity index (χ2n) is 11.5. The molecule has 1 aliphatic carbocycles. The fraction of sp³-hybridized carbons (Fsp3) is 0.552. The highest BCUT2D eigenvalue weighted by Gasteiger charge is 2.31. The molecule has 39 heavy (non-hydrogen) atoms. The van der Waals surface area contributed by atoms with Gasteiger partial charge in [0.1, 0.15) is 30.5 Å². The third-order valence-corrected chi connectivity index (χ3v) is 9.56. The molecule has 2 saturated heterocycles. The zero-order valence-electron chi connectivity index (χ0n) is 23.0. The lowest BCUT2D eigenvalue weighted by Gasteiger charge is -2.25. The first kappa shape index (κ1) is 26.5. The van der Waals surface area contributed by atoms with Gasteiger partial charge in [-0.2, -0.15) is 0 Å². The highest BCUT2D eigenvalue weighted by molar-refractivity contribution is 7.70. The van der Waals surface area contributed by atoms with E-state index in [-0.39, 0.29) is 18.1 Å². The number of ether oxygens (including phenoxy) is 2. The van der Waals surface area contributed by atoms with Crippen molar-refractivity contribution in [2.24, 2.45) is 5.92 Å². The SMILES string of the molecule is Cc1nc2c(Nc3ccc(C4CCOCC4)cc3P(C)(C)=O)cc(NC(=O)C3CC3)nc2n1C1CCCCO1. The molecule has 6 rings (SSSR count). The summed E-state index contributed by atoms with van der Waals surface area (Å²) in [5.74, 6) is 1.75. The summed E-state index contributed by atoms with van der Waals surface area (Å²) in [7, 11) is -2.62. The molecule has 2 aliphatic heterocycles. The Morgan fingerprint density at radius 1 is 1.00 bits per heavy atom. The van der Waals surface area contributed by atoms with E-state index in [1.807, 2.05) is 37.0 Å². The summed E-state index contributed by atoms with van der Waals surface area (Å²) >= 11 is 0. The molecule has 1 unspecified atom stereocenters. The van der Waals surface area contributed by atoms with E-state index in [0.717, 1.165) is 80.7 Å². The number of hydrogen-bond acceptors (Lipinski definition) is 7. The van der Waals surface area contributed by atoms with Gasteiger partial charge in [0.2, 0.25) is 5.91 Å². The quantitative estimate of drug-likeness (QED) is 0.364. The third kappa shape index (κ3) is 5.63. The highest BCUT2D eigenvalue weighted by Crippen LogP contribution is 2.41. The molecule has 0 bridgehead atoms. The van der Waals surface area contributed by atoms with E-state index in [0.29, 0.717) is 29.5 Å². The zero-order valence-corrected chi connectivity index (χ0v) is 23.9. The summed E-state index contributed by atoms with van der Waals surface area (Å²) in [6.45, 7) is 7.80. The van der Waals surface area contributed by atoms with Gasteiger partial charge in [-0.25, -0.2) is 9.97 Å². The van der Waals surface area contributed by atoms with Crippen LogP contribution in [0.4, 0.5) is 17.2 Å². The average molecular weight is 552 g/mol. The molecule has 2 N–H and O–H groups in total. The molecule has 10 heteroatoms. The smallest absolute Gasteiger partial charge is 0.228 e. The number of carbonyl (C=O) groups excluding carboxylic acids is 1. The summed E-state index contributed by atoms with van der Waals surface area (Å²) in [6, 6.07) is 8.11. The van der Waals surface area contributed by atoms with Crippen LogP contribution in [0.2, 0.25) is 0 Å². The van der Waals surface area contributed by atoms with Crippen molar-refractivity contribution >= 4 is 46.7 Å². The molecular weight excluding hydrogens is 513 g/mol. The van der Waals surface area contributed by atoms with Crippen LogP contribution in [0.25, 0.3) is 11.2 Å². The monoisotopic (exact) mass is 551 g/mol. The number of carbonyl (C=O) groups is 1. The van der Waals surface area contributed by atoms with Crippen LogP contribution < -0.4 is 15.9 Å². The average Bonchev–Trinajstić information content (AvgIpc) is 3.72. The van der Waals surface area contributed by atoms with E-state index in [4.69, 9.17) is 19.4 Å². The number of fused-ring (bicyclic) bond motifs is 1. The molecule has 3 aromatic rings. The van der Waals surface area contributed by atoms with Crippen LogP contribution in [-0.4, -0.2) is 53.6 Å². The first-order chi connectivity index (χ1) is 18.8. The van der Waals surface area contributed by atoms with E-state index < -0.39 is 7.14 Å². The Hall–Kier alpha value is -2.74. The Bertz CT molecular complexity index is 1430. The molecule has 0 radical (unpaired) electrons. The number of anilines is 3. The molecule has 3 fully saturated rings. The number of imidazole rings is 1. The van der Waals surface area contributed by atoms with Crippen molar-refractivity contribution in [2.75, 3.05) is 43.8 Å². The summed E-state index contributed by atoms with van der Waals surface area (Å²) in [5.41, 5.74) is 4.08. The fourth-order valence-electron chi connectivity index (χ4n) is 5.71. The second-order valence-corrected chi connectivity index (χ2v) is 14.7. The minimum Gasteiger partial charge on any atom is -0.381 e. The molecule has 1 amide bonds. The minimum atomic E-state index is -2.62. The number of nitrogens with one attached hydrogen (secondary N) is 2. The number of amides is 1. The standard InChI is InChI=1S/C29H38N5O4P/c1-18-30-27-23(31-22-10-9-21(16-24(22)39(2,3)36)19-11-14-37-15-12-19)17-25(33-29(35)20-7-8-20)32-28(27)34(18)26-6-4-5-13-38-26/h9-10,16-17,19-20,26H,4-8,11-15H2,1-3H3,(H2,31,32,33,35). The first-order valence-electron chi connectivity index (χ1n) is 14.1. The van der Waals surface area contributed by atoms with Gasteiger partial charge in [-0.15, -0.1) is 0 Å². The molecule has 2 aromatic heterocycles. The van der Waals surface area contributed by atoms with Gasteiger partial charge in [-0.3, -0.25) is 9.36 Å². The maximum Gasteiger partial charge on any atom is 0.228 e. The molecule has 1 atom stereocenters. The normalized spacial score (nSPS) is 20.7. The molecule has 3 aliphatic rings. The molecule has 208 valence electrons. The largest absolute Gasteiger partial charge is 0.381 e. The van der Waals surface area contributed by atoms with Crippen molar-refractivity contribution in [1.29, 1.82) is 0 Å². The maximum atomic E-state index is 13.5. The number of rotatable bonds is 7. The lowest BCUT2D eigenvalue weighted by atomic mass is 9.91. The van der Waals surface area contributed by atoms with Crippen LogP contribution in [0, 0.1) is 12.8 Å². The van der Waals surface area contributed by atoms with Crippen molar-refractivity contribution in [3.05, 3.63) is 35.7 Å². The molecule has 1 saturated carbocycles. The van der Waals surface area contributed by atoms with Crippen molar-refractivity contribution in [3.63, 3.8) is 0 Å². The van der Waals surface area contributed by atoms with Gasteiger partial charge in [0.25, 0.3) is 0 Å². The van der Waals surface area contributed by atoms with Crippen molar-refractivity contribution in [1.82, 2.24) is 14.5 Å². The highest BCUT2D eigenvalue weighted by atomic mass is 31.2. The van der Waals surface area contributed by atoms with Crippen molar-refractivity contribution in [3.8, 4) is 0 Å². The number of benzene rings is 1. The Balaban J connectivity index is 1.42. The molecule has 1 aromatic carbocycles. The van der Waals surface area contributed by atoms with Crippen LogP contribution in [0.15, 0.2) is 24.3 Å². The Labute approximate surface area is 229 Å². The summed E-state index contributed by atoms with van der Waals surface area (Å²) in [5, 5.41) is 7.38. The van der Waals surface area contributed by atoms with E-state index in [2.05, 4.69) is 22.8 Å². The maximum absolute atomic E-state index is 13.5. The number of pyridine rings is 1. The Kier molecular flexibility index (Phi) is 7.25. The molecular formula is C29H38N5O4P. The molecule has 9 nitrogen and oxygen atoms in total.